The number of aryl methyl sites for hydroxylation is 1. The lowest BCUT2D eigenvalue weighted by atomic mass is 9.98. The quantitative estimate of drug-likeness (QED) is 0.274. The number of hydrogen-bond donors (Lipinski definition) is 1. The van der Waals surface area contributed by atoms with E-state index in [4.69, 9.17) is 26.1 Å². The molecule has 0 spiro atoms. The molecule has 0 saturated carbocycles. The highest BCUT2D eigenvalue weighted by molar-refractivity contribution is 6.31. The fraction of sp³-hybridized carbons (Fsp3) is 0.172. The average molecular weight is 531 g/mol. The molecular formula is C29H27ClN4O4. The van der Waals surface area contributed by atoms with Crippen molar-refractivity contribution < 1.29 is 19.1 Å². The van der Waals surface area contributed by atoms with Crippen LogP contribution in [0.3, 0.4) is 0 Å². The number of halogens is 1. The van der Waals surface area contributed by atoms with Gasteiger partial charge in [-0.25, -0.2) is 9.50 Å². The van der Waals surface area contributed by atoms with E-state index >= 15 is 0 Å². The number of fused-ring (bicyclic) bond motifs is 3. The van der Waals surface area contributed by atoms with E-state index in [1.807, 2.05) is 86.6 Å². The Bertz CT molecular complexity index is 1580. The second-order valence-corrected chi connectivity index (χ2v) is 8.71. The van der Waals surface area contributed by atoms with Crippen molar-refractivity contribution in [1.82, 2.24) is 19.9 Å². The van der Waals surface area contributed by atoms with Gasteiger partial charge in [-0.05, 0) is 42.7 Å². The van der Waals surface area contributed by atoms with Crippen LogP contribution in [0.15, 0.2) is 72.8 Å². The summed E-state index contributed by atoms with van der Waals surface area (Å²) in [5.74, 6) is 0.759. The Morgan fingerprint density at radius 3 is 2.50 bits per heavy atom. The van der Waals surface area contributed by atoms with Crippen LogP contribution in [0.5, 0.6) is 5.75 Å². The van der Waals surface area contributed by atoms with Gasteiger partial charge in [0.25, 0.3) is 12.4 Å². The highest BCUT2D eigenvalue weighted by atomic mass is 35.5. The maximum absolute atomic E-state index is 13.2. The lowest BCUT2D eigenvalue weighted by Gasteiger charge is -2.17. The zero-order valence-corrected chi connectivity index (χ0v) is 22.0. The number of pyridine rings is 1. The molecule has 0 bridgehead atoms. The van der Waals surface area contributed by atoms with Gasteiger partial charge in [0.2, 0.25) is 0 Å². The first kappa shape index (κ1) is 26.6. The van der Waals surface area contributed by atoms with Crippen LogP contribution in [0, 0.1) is 6.92 Å². The fourth-order valence-electron chi connectivity index (χ4n) is 4.15. The summed E-state index contributed by atoms with van der Waals surface area (Å²) < 4.78 is 11.8. The Morgan fingerprint density at radius 1 is 1.08 bits per heavy atom. The summed E-state index contributed by atoms with van der Waals surface area (Å²) in [7, 11) is 1.31. The van der Waals surface area contributed by atoms with Crippen molar-refractivity contribution in [3.05, 3.63) is 94.9 Å². The fourth-order valence-corrected chi connectivity index (χ4v) is 4.35. The van der Waals surface area contributed by atoms with Gasteiger partial charge in [0.15, 0.2) is 17.1 Å². The number of ether oxygens (including phenoxy) is 2. The summed E-state index contributed by atoms with van der Waals surface area (Å²) in [5.41, 5.74) is 3.80. The highest BCUT2D eigenvalue weighted by Gasteiger charge is 2.25. The molecular weight excluding hydrogens is 504 g/mol. The molecule has 3 aromatic carbocycles. The molecule has 1 amide bonds. The monoisotopic (exact) mass is 530 g/mol. The molecule has 194 valence electrons. The van der Waals surface area contributed by atoms with Crippen LogP contribution < -0.4 is 10.1 Å². The maximum atomic E-state index is 13.2. The Labute approximate surface area is 225 Å². The molecule has 2 heterocycles. The van der Waals surface area contributed by atoms with E-state index in [-0.39, 0.29) is 5.91 Å². The largest absolute Gasteiger partial charge is 0.486 e. The van der Waals surface area contributed by atoms with E-state index in [2.05, 4.69) is 15.2 Å². The smallest absolute Gasteiger partial charge is 0.292 e. The SMILES string of the molecule is CCNC(=O)c1c(OCc2ccccc2)c2cccc(-c3cccc(Cl)c3)c2c2nc(C)nn12.COC=O. The molecule has 8 nitrogen and oxygen atoms in total. The van der Waals surface area contributed by atoms with Gasteiger partial charge in [0.05, 0.1) is 7.11 Å². The van der Waals surface area contributed by atoms with Crippen LogP contribution in [0.1, 0.15) is 28.8 Å². The number of carbonyl (C=O) groups is 2. The molecule has 5 rings (SSSR count). The molecule has 1 N–H and O–H groups in total. The number of nitrogens with one attached hydrogen (secondary N) is 1. The van der Waals surface area contributed by atoms with Crippen LogP contribution in [0.25, 0.3) is 27.5 Å². The van der Waals surface area contributed by atoms with Crippen molar-refractivity contribution in [3.8, 4) is 16.9 Å². The number of methoxy groups -OCH3 is 1. The number of nitrogens with zero attached hydrogens (tertiary/aromatic N) is 3. The molecule has 0 fully saturated rings. The molecule has 0 aliphatic rings. The summed E-state index contributed by atoms with van der Waals surface area (Å²) in [6, 6.07) is 23.5. The third-order valence-corrected chi connectivity index (χ3v) is 5.92. The molecule has 0 radical (unpaired) electrons. The van der Waals surface area contributed by atoms with Gasteiger partial charge in [-0.2, -0.15) is 5.10 Å². The topological polar surface area (TPSA) is 94.8 Å². The van der Waals surface area contributed by atoms with E-state index < -0.39 is 0 Å². The van der Waals surface area contributed by atoms with Crippen LogP contribution in [-0.4, -0.2) is 40.6 Å². The molecule has 0 saturated heterocycles. The Hall–Kier alpha value is -4.43. The molecule has 0 unspecified atom stereocenters. The summed E-state index contributed by atoms with van der Waals surface area (Å²) in [6.45, 7) is 4.85. The second kappa shape index (κ2) is 12.2. The van der Waals surface area contributed by atoms with Crippen molar-refractivity contribution in [3.63, 3.8) is 0 Å². The molecule has 9 heteroatoms. The minimum Gasteiger partial charge on any atom is -0.486 e. The minimum absolute atomic E-state index is 0.268. The average Bonchev–Trinajstić information content (AvgIpc) is 3.32. The first-order chi connectivity index (χ1) is 18.5. The molecule has 5 aromatic rings. The number of amides is 1. The number of aromatic nitrogens is 3. The van der Waals surface area contributed by atoms with E-state index in [9.17, 15) is 4.79 Å². The first-order valence-electron chi connectivity index (χ1n) is 12.0. The van der Waals surface area contributed by atoms with Crippen molar-refractivity contribution in [2.45, 2.75) is 20.5 Å². The van der Waals surface area contributed by atoms with Gasteiger partial charge < -0.3 is 14.8 Å². The summed E-state index contributed by atoms with van der Waals surface area (Å²) in [5, 5.41) is 9.75. The Balaban J connectivity index is 0.000000786. The number of hydrogen-bond acceptors (Lipinski definition) is 6. The molecule has 0 atom stereocenters. The Kier molecular flexibility index (Phi) is 8.55. The summed E-state index contributed by atoms with van der Waals surface area (Å²) >= 11 is 6.31. The second-order valence-electron chi connectivity index (χ2n) is 8.28. The van der Waals surface area contributed by atoms with Crippen LogP contribution >= 0.6 is 11.6 Å². The highest BCUT2D eigenvalue weighted by Crippen LogP contribution is 2.39. The third kappa shape index (κ3) is 5.60. The lowest BCUT2D eigenvalue weighted by molar-refractivity contribution is -0.126. The van der Waals surface area contributed by atoms with Crippen LogP contribution in [0.2, 0.25) is 5.02 Å². The lowest BCUT2D eigenvalue weighted by Crippen LogP contribution is -2.26. The minimum atomic E-state index is -0.268. The molecule has 0 aliphatic heterocycles. The van der Waals surface area contributed by atoms with Gasteiger partial charge in [-0.3, -0.25) is 9.59 Å². The third-order valence-electron chi connectivity index (χ3n) is 5.68. The van der Waals surface area contributed by atoms with Crippen molar-refractivity contribution in [2.75, 3.05) is 13.7 Å². The van der Waals surface area contributed by atoms with Gasteiger partial charge in [-0.1, -0.05) is 72.3 Å². The van der Waals surface area contributed by atoms with Gasteiger partial charge in [0, 0.05) is 22.3 Å². The normalized spacial score (nSPS) is 10.5. The molecule has 38 heavy (non-hydrogen) atoms. The number of benzene rings is 3. The summed E-state index contributed by atoms with van der Waals surface area (Å²) in [4.78, 5) is 26.9. The van der Waals surface area contributed by atoms with E-state index in [1.165, 1.54) is 7.11 Å². The summed E-state index contributed by atoms with van der Waals surface area (Å²) in [6.07, 6.45) is 0. The number of rotatable bonds is 7. The molecule has 0 aliphatic carbocycles. The molecule has 2 aromatic heterocycles. The predicted octanol–water partition coefficient (Wildman–Crippen LogP) is 5.63. The van der Waals surface area contributed by atoms with Crippen molar-refractivity contribution >= 4 is 40.4 Å². The Morgan fingerprint density at radius 2 is 1.82 bits per heavy atom. The first-order valence-corrected chi connectivity index (χ1v) is 12.4. The van der Waals surface area contributed by atoms with E-state index in [1.54, 1.807) is 4.52 Å². The van der Waals surface area contributed by atoms with Gasteiger partial charge in [-0.15, -0.1) is 0 Å². The van der Waals surface area contributed by atoms with Gasteiger partial charge in [0.1, 0.15) is 12.4 Å². The zero-order chi connectivity index (χ0) is 27.1. The van der Waals surface area contributed by atoms with Crippen molar-refractivity contribution in [2.24, 2.45) is 0 Å². The van der Waals surface area contributed by atoms with E-state index in [0.717, 1.165) is 27.5 Å². The standard InChI is InChI=1S/C27H23ClN4O2.C2H4O2/c1-3-29-27(33)24-25(34-16-18-9-5-4-6-10-18)22-14-8-13-21(19-11-7-12-20(28)15-19)23(22)26-30-17(2)31-32(24)26;1-4-2-3/h4-15H,3,16H2,1-2H3,(H,29,33);2H,1H3. The zero-order valence-electron chi connectivity index (χ0n) is 21.3. The van der Waals surface area contributed by atoms with Crippen molar-refractivity contribution in [1.29, 1.82) is 0 Å². The number of carbonyl (C=O) groups excluding carboxylic acids is 2. The maximum Gasteiger partial charge on any atom is 0.292 e. The van der Waals surface area contributed by atoms with E-state index in [0.29, 0.717) is 47.6 Å². The van der Waals surface area contributed by atoms with Crippen LogP contribution in [-0.2, 0) is 16.1 Å². The van der Waals surface area contributed by atoms with Gasteiger partial charge >= 0.3 is 0 Å². The van der Waals surface area contributed by atoms with Crippen LogP contribution in [0.4, 0.5) is 0 Å². The predicted molar refractivity (Wildman–Crippen MR) is 148 cm³/mol.